The lowest BCUT2D eigenvalue weighted by Gasteiger charge is -2.12. The Morgan fingerprint density at radius 1 is 1.25 bits per heavy atom. The lowest BCUT2D eigenvalue weighted by Crippen LogP contribution is -2.19. The van der Waals surface area contributed by atoms with Crippen LogP contribution in [0.5, 0.6) is 0 Å². The molecule has 0 aliphatic carbocycles. The van der Waals surface area contributed by atoms with Crippen LogP contribution in [0.1, 0.15) is 70.3 Å². The van der Waals surface area contributed by atoms with Gasteiger partial charge in [0.1, 0.15) is 11.4 Å². The molecule has 0 fully saturated rings. The smallest absolute Gasteiger partial charge is 0.159 e. The van der Waals surface area contributed by atoms with E-state index in [0.29, 0.717) is 5.92 Å². The van der Waals surface area contributed by atoms with Crippen molar-refractivity contribution < 1.29 is 0 Å². The van der Waals surface area contributed by atoms with Crippen LogP contribution in [0.15, 0.2) is 29.5 Å². The highest BCUT2D eigenvalue weighted by Gasteiger charge is 2.17. The van der Waals surface area contributed by atoms with E-state index in [1.165, 1.54) is 5.56 Å². The van der Waals surface area contributed by atoms with Crippen molar-refractivity contribution in [2.24, 2.45) is 12.0 Å². The minimum absolute atomic E-state index is 0.475. The number of likely N-dealkylation sites (N-methyl/N-ethyl adjacent to an activating group) is 1. The van der Waals surface area contributed by atoms with E-state index >= 15 is 0 Å². The molecular formula is C23H35N5. The van der Waals surface area contributed by atoms with Crippen LogP contribution >= 0.6 is 0 Å². The third-order valence-corrected chi connectivity index (χ3v) is 5.09. The Morgan fingerprint density at radius 2 is 1.96 bits per heavy atom. The number of amidine groups is 1. The summed E-state index contributed by atoms with van der Waals surface area (Å²) in [5.74, 6) is 1.40. The van der Waals surface area contributed by atoms with Crippen LogP contribution in [0.2, 0.25) is 0 Å². The minimum atomic E-state index is 0.475. The fourth-order valence-electron chi connectivity index (χ4n) is 3.13. The molecule has 1 atom stereocenters. The predicted octanol–water partition coefficient (Wildman–Crippen LogP) is 5.33. The van der Waals surface area contributed by atoms with Gasteiger partial charge in [0.25, 0.3) is 0 Å². The molecule has 2 heterocycles. The van der Waals surface area contributed by atoms with Gasteiger partial charge in [0, 0.05) is 39.1 Å². The fraction of sp³-hybridized carbons (Fsp3) is 0.522. The van der Waals surface area contributed by atoms with Crippen molar-refractivity contribution in [1.82, 2.24) is 19.4 Å². The molecule has 0 aromatic carbocycles. The molecule has 28 heavy (non-hydrogen) atoms. The zero-order valence-corrected chi connectivity index (χ0v) is 18.7. The number of aromatic nitrogens is 3. The molecule has 0 spiro atoms. The van der Waals surface area contributed by atoms with E-state index in [-0.39, 0.29) is 0 Å². The third-order valence-electron chi connectivity index (χ3n) is 5.09. The molecule has 2 aromatic rings. The van der Waals surface area contributed by atoms with Gasteiger partial charge >= 0.3 is 0 Å². The largest absolute Gasteiger partial charge is 0.363 e. The fourth-order valence-corrected chi connectivity index (χ4v) is 3.13. The van der Waals surface area contributed by atoms with Gasteiger partial charge < -0.3 is 9.47 Å². The highest BCUT2D eigenvalue weighted by atomic mass is 15.1. The van der Waals surface area contributed by atoms with Crippen LogP contribution in [-0.4, -0.2) is 39.4 Å². The zero-order chi connectivity index (χ0) is 20.8. The summed E-state index contributed by atoms with van der Waals surface area (Å²) in [6, 6.07) is 0. The van der Waals surface area contributed by atoms with Gasteiger partial charge in [-0.3, -0.25) is 0 Å². The maximum absolute atomic E-state index is 5.02. The van der Waals surface area contributed by atoms with Crippen molar-refractivity contribution in [3.63, 3.8) is 0 Å². The standard InChI is InChI=1S/C23H35N5/c1-9-12-13-20(27(6)7)24-14-17(5)21-19(11-3)25-22-18(16(4)10-2)15-28(8)23(22)26-21/h12-16H,9-11H2,1-8H3/b13-12+,17-14+,24-20-. The van der Waals surface area contributed by atoms with Crippen LogP contribution in [0.4, 0.5) is 0 Å². The predicted molar refractivity (Wildman–Crippen MR) is 121 cm³/mol. The number of aliphatic imine (C=N–C) groups is 1. The van der Waals surface area contributed by atoms with Crippen molar-refractivity contribution in [1.29, 1.82) is 0 Å². The van der Waals surface area contributed by atoms with Gasteiger partial charge in [0.2, 0.25) is 0 Å². The molecule has 0 saturated heterocycles. The number of hydrogen-bond donors (Lipinski definition) is 0. The molecule has 0 amide bonds. The Labute approximate surface area is 169 Å². The summed E-state index contributed by atoms with van der Waals surface area (Å²) in [5, 5.41) is 0. The van der Waals surface area contributed by atoms with Crippen molar-refractivity contribution in [2.75, 3.05) is 14.1 Å². The third kappa shape index (κ3) is 4.70. The Kier molecular flexibility index (Phi) is 7.55. The van der Waals surface area contributed by atoms with Crippen molar-refractivity contribution in [3.8, 4) is 0 Å². The van der Waals surface area contributed by atoms with Gasteiger partial charge in [0.05, 0.1) is 11.4 Å². The first kappa shape index (κ1) is 21.9. The molecule has 5 nitrogen and oxygen atoms in total. The molecule has 2 rings (SSSR count). The van der Waals surface area contributed by atoms with Crippen molar-refractivity contribution in [3.05, 3.63) is 41.5 Å². The number of allylic oxidation sites excluding steroid dienone is 2. The second-order valence-electron chi connectivity index (χ2n) is 7.55. The molecule has 5 heteroatoms. The minimum Gasteiger partial charge on any atom is -0.363 e. The number of nitrogens with zero attached hydrogens (tertiary/aromatic N) is 5. The maximum Gasteiger partial charge on any atom is 0.159 e. The quantitative estimate of drug-likeness (QED) is 0.481. The summed E-state index contributed by atoms with van der Waals surface area (Å²) in [5.41, 5.74) is 6.26. The Morgan fingerprint density at radius 3 is 2.54 bits per heavy atom. The monoisotopic (exact) mass is 381 g/mol. The average molecular weight is 382 g/mol. The number of rotatable bonds is 7. The summed E-state index contributed by atoms with van der Waals surface area (Å²) in [4.78, 5) is 16.7. The normalized spacial score (nSPS) is 14.3. The average Bonchev–Trinajstić information content (AvgIpc) is 3.01. The number of aryl methyl sites for hydroxylation is 2. The van der Waals surface area contributed by atoms with E-state index in [1.54, 1.807) is 0 Å². The van der Waals surface area contributed by atoms with Gasteiger partial charge in [-0.1, -0.05) is 33.8 Å². The molecule has 1 unspecified atom stereocenters. The second-order valence-corrected chi connectivity index (χ2v) is 7.55. The van der Waals surface area contributed by atoms with Crippen molar-refractivity contribution in [2.45, 2.75) is 59.8 Å². The molecule has 0 saturated carbocycles. The maximum atomic E-state index is 5.02. The second kappa shape index (κ2) is 9.67. The summed E-state index contributed by atoms with van der Waals surface area (Å²) in [6.07, 6.45) is 11.2. The Bertz CT molecular complexity index is 899. The van der Waals surface area contributed by atoms with E-state index in [2.05, 4.69) is 69.6 Å². The Balaban J connectivity index is 2.56. The van der Waals surface area contributed by atoms with Crippen LogP contribution < -0.4 is 0 Å². The lowest BCUT2D eigenvalue weighted by atomic mass is 10.0. The van der Waals surface area contributed by atoms with Crippen LogP contribution in [0, 0.1) is 0 Å². The molecule has 0 bridgehead atoms. The highest BCUT2D eigenvalue weighted by molar-refractivity contribution is 5.93. The molecule has 0 N–H and O–H groups in total. The van der Waals surface area contributed by atoms with E-state index < -0.39 is 0 Å². The molecule has 2 aromatic heterocycles. The molecule has 0 radical (unpaired) electrons. The van der Waals surface area contributed by atoms with Gasteiger partial charge in [-0.25, -0.2) is 15.0 Å². The van der Waals surface area contributed by atoms with Crippen LogP contribution in [-0.2, 0) is 13.5 Å². The molecule has 152 valence electrons. The van der Waals surface area contributed by atoms with Gasteiger partial charge in [0.15, 0.2) is 5.65 Å². The molecule has 0 aliphatic heterocycles. The summed E-state index contributed by atoms with van der Waals surface area (Å²) in [6.45, 7) is 10.8. The summed E-state index contributed by atoms with van der Waals surface area (Å²) >= 11 is 0. The van der Waals surface area contributed by atoms with Gasteiger partial charge in [-0.15, -0.1) is 0 Å². The first-order chi connectivity index (χ1) is 13.3. The van der Waals surface area contributed by atoms with Crippen LogP contribution in [0.3, 0.4) is 0 Å². The van der Waals surface area contributed by atoms with Crippen LogP contribution in [0.25, 0.3) is 16.7 Å². The van der Waals surface area contributed by atoms with E-state index in [4.69, 9.17) is 9.97 Å². The highest BCUT2D eigenvalue weighted by Crippen LogP contribution is 2.29. The topological polar surface area (TPSA) is 46.3 Å². The van der Waals surface area contributed by atoms with Gasteiger partial charge in [-0.05, 0) is 43.8 Å². The summed E-state index contributed by atoms with van der Waals surface area (Å²) in [7, 11) is 6.06. The summed E-state index contributed by atoms with van der Waals surface area (Å²) < 4.78 is 2.10. The number of fused-ring (bicyclic) bond motifs is 1. The van der Waals surface area contributed by atoms with E-state index in [1.807, 2.05) is 25.2 Å². The van der Waals surface area contributed by atoms with Gasteiger partial charge in [-0.2, -0.15) is 0 Å². The first-order valence-electron chi connectivity index (χ1n) is 10.3. The molecular weight excluding hydrogens is 346 g/mol. The number of hydrogen-bond acceptors (Lipinski definition) is 3. The zero-order valence-electron chi connectivity index (χ0n) is 18.7. The van der Waals surface area contributed by atoms with E-state index in [0.717, 1.165) is 53.2 Å². The lowest BCUT2D eigenvalue weighted by molar-refractivity contribution is 0.626. The molecule has 0 aliphatic rings. The Hall–Kier alpha value is -2.43. The first-order valence-corrected chi connectivity index (χ1v) is 10.3. The van der Waals surface area contributed by atoms with Crippen molar-refractivity contribution >= 4 is 22.6 Å². The SMILES string of the molecule is CC/C=C/C(=N/C=C(\C)c1nc2c(nc1CC)c(C(C)CC)cn2C)N(C)C. The van der Waals surface area contributed by atoms with E-state index in [9.17, 15) is 0 Å².